The number of carbonyl (C=O) groups excluding carboxylic acids is 1. The number of benzene rings is 3. The molecule has 0 saturated carbocycles. The van der Waals surface area contributed by atoms with Gasteiger partial charge in [-0.15, -0.1) is 0 Å². The normalized spacial score (nSPS) is 10.9. The summed E-state index contributed by atoms with van der Waals surface area (Å²) in [6.45, 7) is 2.19. The lowest BCUT2D eigenvalue weighted by Crippen LogP contribution is -2.04. The van der Waals surface area contributed by atoms with Crippen molar-refractivity contribution >= 4 is 16.9 Å². The molecule has 0 aliphatic heterocycles. The molecule has 0 N–H and O–H groups in total. The van der Waals surface area contributed by atoms with Crippen molar-refractivity contribution in [2.75, 3.05) is 7.11 Å². The number of aryl methyl sites for hydroxylation is 1. The summed E-state index contributed by atoms with van der Waals surface area (Å²) in [6.07, 6.45) is 2.04. The average molecular weight is 403 g/mol. The molecule has 152 valence electrons. The summed E-state index contributed by atoms with van der Waals surface area (Å²) in [5, 5.41) is 0.896. The highest BCUT2D eigenvalue weighted by molar-refractivity contribution is 5.90. The van der Waals surface area contributed by atoms with Crippen molar-refractivity contribution in [3.8, 4) is 11.4 Å². The van der Waals surface area contributed by atoms with E-state index in [1.54, 1.807) is 19.1 Å². The van der Waals surface area contributed by atoms with Crippen LogP contribution in [0, 0.1) is 12.7 Å². The van der Waals surface area contributed by atoms with Gasteiger partial charge in [0.25, 0.3) is 0 Å². The molecule has 0 atom stereocenters. The molecule has 0 bridgehead atoms. The number of esters is 1. The van der Waals surface area contributed by atoms with Crippen LogP contribution in [0.4, 0.5) is 4.39 Å². The standard InChI is InChI=1S/C25H22FNO3/c1-17-12-20(8-10-23(17)26)27-15-19(13-25(28)29-2)22-14-21(9-11-24(22)27)30-16-18-6-4-3-5-7-18/h3-12,14-15H,13,16H2,1-2H3. The van der Waals surface area contributed by atoms with Gasteiger partial charge < -0.3 is 14.0 Å². The fraction of sp³-hybridized carbons (Fsp3) is 0.160. The molecule has 0 unspecified atom stereocenters. The highest BCUT2D eigenvalue weighted by Gasteiger charge is 2.15. The summed E-state index contributed by atoms with van der Waals surface area (Å²) >= 11 is 0. The Morgan fingerprint density at radius 1 is 1.03 bits per heavy atom. The SMILES string of the molecule is COC(=O)Cc1cn(-c2ccc(F)c(C)c2)c2ccc(OCc3ccccc3)cc12. The minimum absolute atomic E-state index is 0.141. The molecule has 4 aromatic rings. The average Bonchev–Trinajstić information content (AvgIpc) is 3.12. The molecule has 0 aliphatic carbocycles. The zero-order chi connectivity index (χ0) is 21.1. The maximum Gasteiger partial charge on any atom is 0.310 e. The van der Waals surface area contributed by atoms with Crippen LogP contribution in [-0.2, 0) is 22.6 Å². The van der Waals surface area contributed by atoms with Gasteiger partial charge in [0.2, 0.25) is 0 Å². The van der Waals surface area contributed by atoms with E-state index in [4.69, 9.17) is 9.47 Å². The molecule has 0 amide bonds. The van der Waals surface area contributed by atoms with E-state index in [1.165, 1.54) is 13.2 Å². The molecule has 0 saturated heterocycles. The van der Waals surface area contributed by atoms with Gasteiger partial charge in [-0.1, -0.05) is 30.3 Å². The smallest absolute Gasteiger partial charge is 0.310 e. The van der Waals surface area contributed by atoms with Gasteiger partial charge in [-0.25, -0.2) is 4.39 Å². The van der Waals surface area contributed by atoms with Gasteiger partial charge in [0.1, 0.15) is 18.2 Å². The van der Waals surface area contributed by atoms with E-state index in [-0.39, 0.29) is 18.2 Å². The molecular formula is C25H22FNO3. The number of carbonyl (C=O) groups is 1. The van der Waals surface area contributed by atoms with Crippen LogP contribution in [0.25, 0.3) is 16.6 Å². The van der Waals surface area contributed by atoms with Gasteiger partial charge in [-0.2, -0.15) is 0 Å². The predicted octanol–water partition coefficient (Wildman–Crippen LogP) is 5.37. The third-order valence-corrected chi connectivity index (χ3v) is 5.09. The van der Waals surface area contributed by atoms with Gasteiger partial charge in [-0.3, -0.25) is 4.79 Å². The Balaban J connectivity index is 1.74. The van der Waals surface area contributed by atoms with E-state index >= 15 is 0 Å². The second kappa shape index (κ2) is 8.41. The summed E-state index contributed by atoms with van der Waals surface area (Å²) in [6, 6.07) is 20.7. The lowest BCUT2D eigenvalue weighted by molar-refractivity contribution is -0.139. The van der Waals surface area contributed by atoms with Crippen LogP contribution in [0.3, 0.4) is 0 Å². The van der Waals surface area contributed by atoms with Crippen molar-refractivity contribution in [1.29, 1.82) is 0 Å². The van der Waals surface area contributed by atoms with Crippen LogP contribution in [-0.4, -0.2) is 17.6 Å². The van der Waals surface area contributed by atoms with E-state index < -0.39 is 0 Å². The van der Waals surface area contributed by atoms with Gasteiger partial charge in [-0.05, 0) is 60.0 Å². The summed E-state index contributed by atoms with van der Waals surface area (Å²) in [5.41, 5.74) is 4.20. The van der Waals surface area contributed by atoms with Crippen LogP contribution in [0.15, 0.2) is 72.9 Å². The summed E-state index contributed by atoms with van der Waals surface area (Å²) in [7, 11) is 1.37. The van der Waals surface area contributed by atoms with E-state index in [2.05, 4.69) is 0 Å². The van der Waals surface area contributed by atoms with Gasteiger partial charge >= 0.3 is 5.97 Å². The van der Waals surface area contributed by atoms with Crippen molar-refractivity contribution in [2.24, 2.45) is 0 Å². The lowest BCUT2D eigenvalue weighted by atomic mass is 10.1. The Labute approximate surface area is 174 Å². The van der Waals surface area contributed by atoms with Crippen LogP contribution >= 0.6 is 0 Å². The number of halogens is 1. The molecule has 1 heterocycles. The van der Waals surface area contributed by atoms with Crippen molar-refractivity contribution in [1.82, 2.24) is 4.57 Å². The number of rotatable bonds is 6. The maximum atomic E-state index is 13.7. The number of fused-ring (bicyclic) bond motifs is 1. The Hall–Kier alpha value is -3.60. The first kappa shape index (κ1) is 19.7. The highest BCUT2D eigenvalue weighted by atomic mass is 19.1. The number of nitrogens with zero attached hydrogens (tertiary/aromatic N) is 1. The summed E-state index contributed by atoms with van der Waals surface area (Å²) in [4.78, 5) is 12.0. The van der Waals surface area contributed by atoms with Gasteiger partial charge in [0.05, 0.1) is 19.0 Å². The fourth-order valence-corrected chi connectivity index (χ4v) is 3.47. The second-order valence-electron chi connectivity index (χ2n) is 7.16. The molecular weight excluding hydrogens is 381 g/mol. The highest BCUT2D eigenvalue weighted by Crippen LogP contribution is 2.30. The quantitative estimate of drug-likeness (QED) is 0.406. The van der Waals surface area contributed by atoms with Crippen molar-refractivity contribution in [3.05, 3.63) is 95.4 Å². The first-order valence-corrected chi connectivity index (χ1v) is 9.69. The lowest BCUT2D eigenvalue weighted by Gasteiger charge is -2.09. The van der Waals surface area contributed by atoms with Crippen molar-refractivity contribution in [3.63, 3.8) is 0 Å². The van der Waals surface area contributed by atoms with E-state index in [0.29, 0.717) is 17.9 Å². The zero-order valence-corrected chi connectivity index (χ0v) is 16.9. The number of hydrogen-bond acceptors (Lipinski definition) is 3. The van der Waals surface area contributed by atoms with Crippen LogP contribution in [0.5, 0.6) is 5.75 Å². The third-order valence-electron chi connectivity index (χ3n) is 5.09. The number of aromatic nitrogens is 1. The first-order valence-electron chi connectivity index (χ1n) is 9.69. The Kier molecular flexibility index (Phi) is 5.53. The monoisotopic (exact) mass is 403 g/mol. The van der Waals surface area contributed by atoms with E-state index in [9.17, 15) is 9.18 Å². The zero-order valence-electron chi connectivity index (χ0n) is 16.9. The van der Waals surface area contributed by atoms with Crippen molar-refractivity contribution < 1.29 is 18.7 Å². The molecule has 0 fully saturated rings. The minimum atomic E-state index is -0.319. The van der Waals surface area contributed by atoms with Gasteiger partial charge in [0, 0.05) is 17.3 Å². The maximum absolute atomic E-state index is 13.7. The molecule has 0 aliphatic rings. The van der Waals surface area contributed by atoms with Gasteiger partial charge in [0.15, 0.2) is 0 Å². The summed E-state index contributed by atoms with van der Waals surface area (Å²) in [5.74, 6) is 0.145. The second-order valence-corrected chi connectivity index (χ2v) is 7.16. The van der Waals surface area contributed by atoms with Crippen molar-refractivity contribution in [2.45, 2.75) is 20.0 Å². The molecule has 5 heteroatoms. The predicted molar refractivity (Wildman–Crippen MR) is 114 cm³/mol. The van der Waals surface area contributed by atoms with E-state index in [0.717, 1.165) is 27.7 Å². The molecule has 0 radical (unpaired) electrons. The largest absolute Gasteiger partial charge is 0.489 e. The molecule has 1 aromatic heterocycles. The van der Waals surface area contributed by atoms with E-state index in [1.807, 2.05) is 59.3 Å². The Morgan fingerprint density at radius 2 is 1.83 bits per heavy atom. The summed E-state index contributed by atoms with van der Waals surface area (Å²) < 4.78 is 26.5. The third kappa shape index (κ3) is 4.06. The molecule has 3 aromatic carbocycles. The molecule has 30 heavy (non-hydrogen) atoms. The topological polar surface area (TPSA) is 40.5 Å². The molecule has 4 rings (SSSR count). The fourth-order valence-electron chi connectivity index (χ4n) is 3.47. The number of hydrogen-bond donors (Lipinski definition) is 0. The number of ether oxygens (including phenoxy) is 2. The minimum Gasteiger partial charge on any atom is -0.489 e. The van der Waals surface area contributed by atoms with Crippen LogP contribution in [0.2, 0.25) is 0 Å². The first-order chi connectivity index (χ1) is 14.5. The molecule has 4 nitrogen and oxygen atoms in total. The van der Waals surface area contributed by atoms with Crippen LogP contribution < -0.4 is 4.74 Å². The molecule has 0 spiro atoms. The number of methoxy groups -OCH3 is 1. The Morgan fingerprint density at radius 3 is 2.57 bits per heavy atom. The Bertz CT molecular complexity index is 1200. The van der Waals surface area contributed by atoms with Crippen LogP contribution in [0.1, 0.15) is 16.7 Å².